The first-order valence-electron chi connectivity index (χ1n) is 6.32. The molecule has 0 aliphatic rings. The van der Waals surface area contributed by atoms with E-state index in [9.17, 15) is 0 Å². The molecule has 102 valence electrons. The first-order chi connectivity index (χ1) is 9.06. The van der Waals surface area contributed by atoms with Crippen molar-refractivity contribution in [1.29, 1.82) is 0 Å². The van der Waals surface area contributed by atoms with E-state index < -0.39 is 0 Å². The van der Waals surface area contributed by atoms with Gasteiger partial charge in [0.05, 0.1) is 23.2 Å². The molecule has 0 amide bonds. The lowest BCUT2D eigenvalue weighted by atomic mass is 10.1. The summed E-state index contributed by atoms with van der Waals surface area (Å²) in [5.41, 5.74) is 9.10. The van der Waals surface area contributed by atoms with E-state index in [1.807, 2.05) is 32.2 Å². The van der Waals surface area contributed by atoms with E-state index in [4.69, 9.17) is 21.8 Å². The standard InChI is InChI=1S/C15H19ClN2O/c1-11(17)7-12-3-4-15(14(16)8-12)18(2)9-13-5-6-19-10-13/h3-6,8,10-11H,7,9,17H2,1-2H3. The van der Waals surface area contributed by atoms with Crippen molar-refractivity contribution in [2.75, 3.05) is 11.9 Å². The van der Waals surface area contributed by atoms with Gasteiger partial charge in [-0.2, -0.15) is 0 Å². The maximum absolute atomic E-state index is 6.34. The molecule has 19 heavy (non-hydrogen) atoms. The molecule has 2 N–H and O–H groups in total. The first-order valence-corrected chi connectivity index (χ1v) is 6.70. The summed E-state index contributed by atoms with van der Waals surface area (Å²) in [4.78, 5) is 2.10. The summed E-state index contributed by atoms with van der Waals surface area (Å²) in [6.45, 7) is 2.76. The topological polar surface area (TPSA) is 42.4 Å². The van der Waals surface area contributed by atoms with Gasteiger partial charge in [-0.05, 0) is 37.1 Å². The molecule has 1 heterocycles. The van der Waals surface area contributed by atoms with Gasteiger partial charge in [0.2, 0.25) is 0 Å². The molecule has 2 aromatic rings. The van der Waals surface area contributed by atoms with Gasteiger partial charge in [0.25, 0.3) is 0 Å². The lowest BCUT2D eigenvalue weighted by Gasteiger charge is -2.20. The third kappa shape index (κ3) is 3.75. The zero-order chi connectivity index (χ0) is 13.8. The Morgan fingerprint density at radius 3 is 2.68 bits per heavy atom. The Hall–Kier alpha value is -1.45. The van der Waals surface area contributed by atoms with E-state index in [1.165, 1.54) is 5.56 Å². The highest BCUT2D eigenvalue weighted by Crippen LogP contribution is 2.27. The maximum Gasteiger partial charge on any atom is 0.0952 e. The third-order valence-electron chi connectivity index (χ3n) is 2.98. The molecular formula is C15H19ClN2O. The SMILES string of the molecule is CC(N)Cc1ccc(N(C)Cc2ccoc2)c(Cl)c1. The fraction of sp³-hybridized carbons (Fsp3) is 0.333. The Kier molecular flexibility index (Phi) is 4.51. The Labute approximate surface area is 119 Å². The number of anilines is 1. The summed E-state index contributed by atoms with van der Waals surface area (Å²) in [6.07, 6.45) is 4.26. The summed E-state index contributed by atoms with van der Waals surface area (Å²) in [6, 6.07) is 8.21. The number of benzene rings is 1. The van der Waals surface area contributed by atoms with E-state index in [1.54, 1.807) is 12.5 Å². The van der Waals surface area contributed by atoms with Crippen LogP contribution in [0.25, 0.3) is 0 Å². The molecule has 1 aromatic heterocycles. The number of nitrogens with two attached hydrogens (primary N) is 1. The van der Waals surface area contributed by atoms with E-state index in [2.05, 4.69) is 11.0 Å². The number of rotatable bonds is 5. The molecule has 2 rings (SSSR count). The zero-order valence-electron chi connectivity index (χ0n) is 11.3. The van der Waals surface area contributed by atoms with Crippen LogP contribution in [0.1, 0.15) is 18.1 Å². The summed E-state index contributed by atoms with van der Waals surface area (Å²) >= 11 is 6.34. The fourth-order valence-electron chi connectivity index (χ4n) is 2.10. The lowest BCUT2D eigenvalue weighted by molar-refractivity contribution is 0.563. The van der Waals surface area contributed by atoms with Gasteiger partial charge < -0.3 is 15.1 Å². The fourth-order valence-corrected chi connectivity index (χ4v) is 2.45. The summed E-state index contributed by atoms with van der Waals surface area (Å²) < 4.78 is 5.07. The Balaban J connectivity index is 2.11. The van der Waals surface area contributed by atoms with Gasteiger partial charge in [0.1, 0.15) is 0 Å². The van der Waals surface area contributed by atoms with Crippen molar-refractivity contribution in [3.05, 3.63) is 52.9 Å². The van der Waals surface area contributed by atoms with Crippen LogP contribution in [0, 0.1) is 0 Å². The summed E-state index contributed by atoms with van der Waals surface area (Å²) in [5, 5.41) is 0.754. The molecule has 0 bridgehead atoms. The van der Waals surface area contributed by atoms with Crippen LogP contribution in [0.4, 0.5) is 5.69 Å². The van der Waals surface area contributed by atoms with Crippen molar-refractivity contribution in [1.82, 2.24) is 0 Å². The highest BCUT2D eigenvalue weighted by atomic mass is 35.5. The summed E-state index contributed by atoms with van der Waals surface area (Å²) in [5.74, 6) is 0. The van der Waals surface area contributed by atoms with Gasteiger partial charge in [-0.25, -0.2) is 0 Å². The lowest BCUT2D eigenvalue weighted by Crippen LogP contribution is -2.18. The van der Waals surface area contributed by atoms with E-state index in [0.29, 0.717) is 0 Å². The largest absolute Gasteiger partial charge is 0.472 e. The monoisotopic (exact) mass is 278 g/mol. The van der Waals surface area contributed by atoms with E-state index in [0.717, 1.165) is 29.2 Å². The highest BCUT2D eigenvalue weighted by molar-refractivity contribution is 6.33. The average molecular weight is 279 g/mol. The van der Waals surface area contributed by atoms with Gasteiger partial charge in [-0.3, -0.25) is 0 Å². The first kappa shape index (κ1) is 14.0. The molecule has 0 saturated heterocycles. The maximum atomic E-state index is 6.34. The number of hydrogen-bond acceptors (Lipinski definition) is 3. The van der Waals surface area contributed by atoms with Crippen molar-refractivity contribution in [3.8, 4) is 0 Å². The molecule has 0 saturated carbocycles. The van der Waals surface area contributed by atoms with Crippen LogP contribution in [-0.4, -0.2) is 13.1 Å². The van der Waals surface area contributed by atoms with Crippen LogP contribution in [0.2, 0.25) is 5.02 Å². The molecule has 3 nitrogen and oxygen atoms in total. The second-order valence-electron chi connectivity index (χ2n) is 4.95. The third-order valence-corrected chi connectivity index (χ3v) is 3.28. The van der Waals surface area contributed by atoms with Crippen LogP contribution in [-0.2, 0) is 13.0 Å². The molecule has 0 fully saturated rings. The van der Waals surface area contributed by atoms with Crippen molar-refractivity contribution in [2.24, 2.45) is 5.73 Å². The minimum absolute atomic E-state index is 0.144. The predicted molar refractivity (Wildman–Crippen MR) is 79.6 cm³/mol. The highest BCUT2D eigenvalue weighted by Gasteiger charge is 2.09. The quantitative estimate of drug-likeness (QED) is 0.911. The van der Waals surface area contributed by atoms with Gasteiger partial charge >= 0.3 is 0 Å². The molecular weight excluding hydrogens is 260 g/mol. The molecule has 0 radical (unpaired) electrons. The Morgan fingerprint density at radius 1 is 1.32 bits per heavy atom. The van der Waals surface area contributed by atoms with Crippen LogP contribution in [0.5, 0.6) is 0 Å². The van der Waals surface area contributed by atoms with Crippen LogP contribution < -0.4 is 10.6 Å². The number of furan rings is 1. The van der Waals surface area contributed by atoms with E-state index >= 15 is 0 Å². The predicted octanol–water partition coefficient (Wildman–Crippen LogP) is 3.46. The molecule has 0 aliphatic carbocycles. The zero-order valence-corrected chi connectivity index (χ0v) is 12.0. The van der Waals surface area contributed by atoms with E-state index in [-0.39, 0.29) is 6.04 Å². The minimum Gasteiger partial charge on any atom is -0.472 e. The van der Waals surface area contributed by atoms with Crippen molar-refractivity contribution < 1.29 is 4.42 Å². The average Bonchev–Trinajstić information content (AvgIpc) is 2.80. The van der Waals surface area contributed by atoms with Gasteiger partial charge in [-0.1, -0.05) is 17.7 Å². The van der Waals surface area contributed by atoms with Crippen LogP contribution in [0.3, 0.4) is 0 Å². The normalized spacial score (nSPS) is 12.4. The molecule has 1 unspecified atom stereocenters. The second-order valence-corrected chi connectivity index (χ2v) is 5.36. The van der Waals surface area contributed by atoms with Gasteiger partial charge in [0.15, 0.2) is 0 Å². The Morgan fingerprint density at radius 2 is 2.11 bits per heavy atom. The number of hydrogen-bond donors (Lipinski definition) is 1. The summed E-state index contributed by atoms with van der Waals surface area (Å²) in [7, 11) is 2.01. The molecule has 0 aliphatic heterocycles. The number of halogens is 1. The van der Waals surface area contributed by atoms with Gasteiger partial charge in [0, 0.05) is 25.2 Å². The van der Waals surface area contributed by atoms with Crippen molar-refractivity contribution in [3.63, 3.8) is 0 Å². The second kappa shape index (κ2) is 6.13. The van der Waals surface area contributed by atoms with Crippen molar-refractivity contribution >= 4 is 17.3 Å². The van der Waals surface area contributed by atoms with Gasteiger partial charge in [-0.15, -0.1) is 0 Å². The molecule has 4 heteroatoms. The minimum atomic E-state index is 0.144. The molecule has 1 aromatic carbocycles. The van der Waals surface area contributed by atoms with Crippen LogP contribution in [0.15, 0.2) is 41.2 Å². The number of nitrogens with zero attached hydrogens (tertiary/aromatic N) is 1. The van der Waals surface area contributed by atoms with Crippen molar-refractivity contribution in [2.45, 2.75) is 25.9 Å². The van der Waals surface area contributed by atoms with Crippen LogP contribution >= 0.6 is 11.6 Å². The smallest absolute Gasteiger partial charge is 0.0952 e. The molecule has 1 atom stereocenters. The Bertz CT molecular complexity index is 523. The molecule has 0 spiro atoms.